The van der Waals surface area contributed by atoms with Crippen molar-refractivity contribution in [3.8, 4) is 6.07 Å². The number of carbonyl (C=O) groups is 1. The molecule has 1 aromatic rings. The molecule has 1 aliphatic rings. The maximum absolute atomic E-state index is 12.3. The van der Waals surface area contributed by atoms with Gasteiger partial charge in [-0.2, -0.15) is 5.26 Å². The third-order valence-corrected chi connectivity index (χ3v) is 3.86. The van der Waals surface area contributed by atoms with Crippen LogP contribution >= 0.6 is 11.6 Å². The van der Waals surface area contributed by atoms with E-state index in [1.54, 1.807) is 0 Å². The lowest BCUT2D eigenvalue weighted by atomic mass is 10.1. The zero-order chi connectivity index (χ0) is 14.4. The number of amides is 1. The molecule has 0 spiro atoms. The summed E-state index contributed by atoms with van der Waals surface area (Å²) in [5.74, 6) is 0.539. The molecule has 4 nitrogen and oxygen atoms in total. The highest BCUT2D eigenvalue weighted by atomic mass is 35.5. The van der Waals surface area contributed by atoms with Crippen LogP contribution in [0.5, 0.6) is 0 Å². The Labute approximate surface area is 124 Å². The Hall–Kier alpha value is -1.57. The normalized spacial score (nSPS) is 15.9. The van der Waals surface area contributed by atoms with Gasteiger partial charge >= 0.3 is 0 Å². The minimum atomic E-state index is 0.0751. The van der Waals surface area contributed by atoms with Gasteiger partial charge in [-0.1, -0.05) is 12.1 Å². The number of rotatable bonds is 4. The molecule has 1 aliphatic heterocycles. The van der Waals surface area contributed by atoms with E-state index in [4.69, 9.17) is 16.9 Å². The van der Waals surface area contributed by atoms with E-state index in [1.165, 1.54) is 0 Å². The number of nitriles is 1. The Morgan fingerprint density at radius 1 is 1.20 bits per heavy atom. The van der Waals surface area contributed by atoms with Gasteiger partial charge in [0.05, 0.1) is 6.07 Å². The van der Waals surface area contributed by atoms with E-state index in [9.17, 15) is 4.79 Å². The molecule has 2 rings (SSSR count). The lowest BCUT2D eigenvalue weighted by molar-refractivity contribution is 0.0639. The summed E-state index contributed by atoms with van der Waals surface area (Å²) in [4.78, 5) is 16.4. The molecular formula is C15H18ClN3O. The van der Waals surface area contributed by atoms with Crippen LogP contribution in [0.25, 0.3) is 0 Å². The Balaban J connectivity index is 1.89. The van der Waals surface area contributed by atoms with Crippen molar-refractivity contribution in [2.24, 2.45) is 0 Å². The second kappa shape index (κ2) is 7.28. The monoisotopic (exact) mass is 291 g/mol. The van der Waals surface area contributed by atoms with Crippen molar-refractivity contribution in [3.05, 3.63) is 35.4 Å². The number of hydrogen-bond donors (Lipinski definition) is 0. The Kier molecular flexibility index (Phi) is 5.40. The number of carbonyl (C=O) groups excluding carboxylic acids is 1. The molecule has 0 aromatic heterocycles. The van der Waals surface area contributed by atoms with Crippen LogP contribution in [-0.4, -0.2) is 48.4 Å². The summed E-state index contributed by atoms with van der Waals surface area (Å²) < 4.78 is 0. The fourth-order valence-corrected chi connectivity index (χ4v) is 2.48. The van der Waals surface area contributed by atoms with Gasteiger partial charge in [-0.3, -0.25) is 9.69 Å². The van der Waals surface area contributed by atoms with Gasteiger partial charge in [0.25, 0.3) is 5.91 Å². The molecule has 106 valence electrons. The molecule has 20 heavy (non-hydrogen) atoms. The first-order valence-electron chi connectivity index (χ1n) is 6.78. The highest BCUT2D eigenvalue weighted by Crippen LogP contribution is 2.11. The molecule has 0 N–H and O–H groups in total. The summed E-state index contributed by atoms with van der Waals surface area (Å²) in [5.41, 5.74) is 1.73. The van der Waals surface area contributed by atoms with Crippen molar-refractivity contribution in [2.75, 3.05) is 32.7 Å². The van der Waals surface area contributed by atoms with Crippen molar-refractivity contribution < 1.29 is 4.79 Å². The molecule has 0 atom stereocenters. The molecule has 0 aliphatic carbocycles. The van der Waals surface area contributed by atoms with E-state index in [0.29, 0.717) is 17.9 Å². The minimum absolute atomic E-state index is 0.0751. The van der Waals surface area contributed by atoms with E-state index < -0.39 is 0 Å². The van der Waals surface area contributed by atoms with Crippen molar-refractivity contribution in [1.82, 2.24) is 9.80 Å². The quantitative estimate of drug-likeness (QED) is 0.798. The Morgan fingerprint density at radius 2 is 1.85 bits per heavy atom. The third kappa shape index (κ3) is 3.72. The predicted molar refractivity (Wildman–Crippen MR) is 78.6 cm³/mol. The van der Waals surface area contributed by atoms with Crippen molar-refractivity contribution in [2.45, 2.75) is 12.3 Å². The fourth-order valence-electron chi connectivity index (χ4n) is 2.30. The molecule has 1 fully saturated rings. The predicted octanol–water partition coefficient (Wildman–Crippen LogP) is 2.10. The molecule has 1 amide bonds. The Morgan fingerprint density at radius 3 is 2.40 bits per heavy atom. The summed E-state index contributed by atoms with van der Waals surface area (Å²) in [5, 5.41) is 8.58. The molecule has 1 saturated heterocycles. The molecule has 0 saturated carbocycles. The summed E-state index contributed by atoms with van der Waals surface area (Å²) in [6.45, 7) is 3.92. The maximum atomic E-state index is 12.3. The summed E-state index contributed by atoms with van der Waals surface area (Å²) in [6.07, 6.45) is 0.549. The number of alkyl halides is 1. The van der Waals surface area contributed by atoms with Crippen molar-refractivity contribution in [1.29, 1.82) is 5.26 Å². The molecule has 0 unspecified atom stereocenters. The maximum Gasteiger partial charge on any atom is 0.253 e. The summed E-state index contributed by atoms with van der Waals surface area (Å²) in [6, 6.07) is 9.61. The molecule has 0 radical (unpaired) electrons. The minimum Gasteiger partial charge on any atom is -0.336 e. The molecule has 0 bridgehead atoms. The summed E-state index contributed by atoms with van der Waals surface area (Å²) >= 11 is 5.74. The largest absolute Gasteiger partial charge is 0.336 e. The summed E-state index contributed by atoms with van der Waals surface area (Å²) in [7, 11) is 0. The van der Waals surface area contributed by atoms with Crippen LogP contribution < -0.4 is 0 Å². The van der Waals surface area contributed by atoms with E-state index in [-0.39, 0.29) is 5.91 Å². The standard InChI is InChI=1S/C15H18ClN3O/c16-12-13-2-4-14(5-3-13)15(20)19-10-8-18(9-11-19)7-1-6-17/h2-5H,1,7-12H2. The number of hydrogen-bond acceptors (Lipinski definition) is 3. The van der Waals surface area contributed by atoms with Gasteiger partial charge in [0.1, 0.15) is 0 Å². The molecule has 1 aromatic carbocycles. The highest BCUT2D eigenvalue weighted by molar-refractivity contribution is 6.17. The Bertz CT molecular complexity index is 487. The average molecular weight is 292 g/mol. The number of benzene rings is 1. The van der Waals surface area contributed by atoms with Gasteiger partial charge in [-0.25, -0.2) is 0 Å². The SMILES string of the molecule is N#CCCN1CCN(C(=O)c2ccc(CCl)cc2)CC1. The third-order valence-electron chi connectivity index (χ3n) is 3.55. The lowest BCUT2D eigenvalue weighted by Gasteiger charge is -2.34. The van der Waals surface area contributed by atoms with Crippen molar-refractivity contribution >= 4 is 17.5 Å². The average Bonchev–Trinajstić information content (AvgIpc) is 2.53. The number of halogens is 1. The van der Waals surface area contributed by atoms with Gasteiger partial charge in [0, 0.05) is 50.6 Å². The van der Waals surface area contributed by atoms with Gasteiger partial charge in [-0.15, -0.1) is 11.6 Å². The molecule has 1 heterocycles. The van der Waals surface area contributed by atoms with Crippen LogP contribution in [0.2, 0.25) is 0 Å². The van der Waals surface area contributed by atoms with Crippen molar-refractivity contribution in [3.63, 3.8) is 0 Å². The smallest absolute Gasteiger partial charge is 0.253 e. The molecule has 5 heteroatoms. The molecular weight excluding hydrogens is 274 g/mol. The van der Waals surface area contributed by atoms with Crippen LogP contribution in [0.1, 0.15) is 22.3 Å². The first-order valence-corrected chi connectivity index (χ1v) is 7.31. The van der Waals surface area contributed by atoms with E-state index in [2.05, 4.69) is 11.0 Å². The van der Waals surface area contributed by atoms with E-state index in [1.807, 2.05) is 29.2 Å². The van der Waals surface area contributed by atoms with Gasteiger partial charge in [0.15, 0.2) is 0 Å². The van der Waals surface area contributed by atoms with E-state index in [0.717, 1.165) is 38.3 Å². The van der Waals surface area contributed by atoms with Crippen LogP contribution in [0.4, 0.5) is 0 Å². The first-order chi connectivity index (χ1) is 9.74. The zero-order valence-corrected chi connectivity index (χ0v) is 12.1. The second-order valence-electron chi connectivity index (χ2n) is 4.87. The topological polar surface area (TPSA) is 47.3 Å². The fraction of sp³-hybridized carbons (Fsp3) is 0.467. The van der Waals surface area contributed by atoms with E-state index >= 15 is 0 Å². The van der Waals surface area contributed by atoms with Gasteiger partial charge < -0.3 is 4.90 Å². The second-order valence-corrected chi connectivity index (χ2v) is 5.14. The van der Waals surface area contributed by atoms with Crippen LogP contribution in [0, 0.1) is 11.3 Å². The lowest BCUT2D eigenvalue weighted by Crippen LogP contribution is -2.48. The number of piperazine rings is 1. The zero-order valence-electron chi connectivity index (χ0n) is 11.4. The van der Waals surface area contributed by atoms with Gasteiger partial charge in [0.2, 0.25) is 0 Å². The van der Waals surface area contributed by atoms with Gasteiger partial charge in [-0.05, 0) is 17.7 Å². The number of nitrogens with zero attached hydrogens (tertiary/aromatic N) is 3. The highest BCUT2D eigenvalue weighted by Gasteiger charge is 2.21. The van der Waals surface area contributed by atoms with Crippen LogP contribution in [-0.2, 0) is 5.88 Å². The van der Waals surface area contributed by atoms with Crippen LogP contribution in [0.15, 0.2) is 24.3 Å². The van der Waals surface area contributed by atoms with Crippen LogP contribution in [0.3, 0.4) is 0 Å². The first kappa shape index (κ1) is 14.8.